The Hall–Kier alpha value is 0.528. The van der Waals surface area contributed by atoms with Crippen molar-refractivity contribution in [2.75, 3.05) is 0 Å². The van der Waals surface area contributed by atoms with Crippen LogP contribution in [0.4, 0.5) is 0 Å². The first-order chi connectivity index (χ1) is 9.28. The number of thiophene rings is 1. The van der Waals surface area contributed by atoms with Crippen molar-refractivity contribution in [3.05, 3.63) is 60.0 Å². The summed E-state index contributed by atoms with van der Waals surface area (Å²) in [6, 6.07) is 6.49. The molecule has 0 aromatic carbocycles. The van der Waals surface area contributed by atoms with E-state index in [0.717, 1.165) is 29.8 Å². The number of aromatic nitrogens is 3. The summed E-state index contributed by atoms with van der Waals surface area (Å²) < 4.78 is 2.28. The molecular weight excluding hydrogens is 444 g/mol. The Morgan fingerprint density at radius 2 is 2.09 bits per heavy atom. The summed E-state index contributed by atoms with van der Waals surface area (Å²) in [5.74, 6) is 0.825. The summed E-state index contributed by atoms with van der Waals surface area (Å²) in [5.41, 5.74) is 2.34. The maximum absolute atomic E-state index is 4.58. The number of aryl methyl sites for hydroxylation is 1. The Kier molecular flexibility index (Phi) is 10.7. The second-order valence-corrected chi connectivity index (χ2v) is 5.64. The van der Waals surface area contributed by atoms with Gasteiger partial charge in [-0.25, -0.2) is 9.97 Å². The number of hydrogen-bond acceptors (Lipinski definition) is 3. The molecule has 0 fully saturated rings. The predicted octanol–water partition coefficient (Wildman–Crippen LogP) is 4.06. The Balaban J connectivity index is 0.00000147. The van der Waals surface area contributed by atoms with Crippen LogP contribution in [0.5, 0.6) is 0 Å². The summed E-state index contributed by atoms with van der Waals surface area (Å²) in [6.07, 6.45) is 5.04. The fourth-order valence-corrected chi connectivity index (χ4v) is 3.02. The van der Waals surface area contributed by atoms with E-state index in [4.69, 9.17) is 0 Å². The molecule has 0 aliphatic heterocycles. The maximum atomic E-state index is 4.58. The molecule has 0 aliphatic rings. The number of hydrogen-bond donors (Lipinski definition) is 0. The van der Waals surface area contributed by atoms with Crippen LogP contribution in [-0.4, -0.2) is 14.5 Å². The average Bonchev–Trinajstić information content (AvgIpc) is 3.00. The predicted molar refractivity (Wildman–Crippen MR) is 85.8 cm³/mol. The van der Waals surface area contributed by atoms with Gasteiger partial charge in [-0.2, -0.15) is 6.92 Å². The van der Waals surface area contributed by atoms with Crippen molar-refractivity contribution in [1.29, 1.82) is 0 Å². The second kappa shape index (κ2) is 10.4. The normalized spacial score (nSPS) is 9.73. The average molecular weight is 463 g/mol. The summed E-state index contributed by atoms with van der Waals surface area (Å²) in [4.78, 5) is 10.2. The van der Waals surface area contributed by atoms with Crippen molar-refractivity contribution in [2.24, 2.45) is 0 Å². The van der Waals surface area contributed by atoms with E-state index in [2.05, 4.69) is 51.5 Å². The molecule has 0 saturated heterocycles. The molecule has 0 atom stereocenters. The Morgan fingerprint density at radius 3 is 2.73 bits per heavy atom. The molecule has 3 heterocycles. The van der Waals surface area contributed by atoms with Gasteiger partial charge in [-0.1, -0.05) is 12.6 Å². The van der Waals surface area contributed by atoms with Crippen LogP contribution in [0.15, 0.2) is 29.8 Å². The molecule has 112 valence electrons. The van der Waals surface area contributed by atoms with Crippen molar-refractivity contribution >= 4 is 22.4 Å². The van der Waals surface area contributed by atoms with Gasteiger partial charge in [-0.05, 0) is 24.4 Å². The zero-order valence-corrected chi connectivity index (χ0v) is 19.8. The van der Waals surface area contributed by atoms with Gasteiger partial charge in [0.15, 0.2) is 0 Å². The molecule has 3 nitrogen and oxygen atoms in total. The SMILES string of the molecule is C[CH-]Cn1c(Cc2cccs2)cc2cnc(C)nc21.[CH3-].[Y].[Y]. The summed E-state index contributed by atoms with van der Waals surface area (Å²) in [5, 5.41) is 3.25. The van der Waals surface area contributed by atoms with Gasteiger partial charge in [-0.3, -0.25) is 0 Å². The minimum absolute atomic E-state index is 0. The topological polar surface area (TPSA) is 30.7 Å². The standard InChI is InChI=1S/C15H16N3S.CH3.2Y/c1-3-6-18-13(9-14-5-4-7-19-14)8-12-10-16-11(2)17-15(12)18;;;/h3-5,7-8,10H,6,9H2,1-2H3;1H3;;/q2*-1;;. The third-order valence-electron chi connectivity index (χ3n) is 3.14. The van der Waals surface area contributed by atoms with Crippen LogP contribution in [0.1, 0.15) is 23.3 Å². The number of rotatable bonds is 4. The second-order valence-electron chi connectivity index (χ2n) is 4.61. The minimum atomic E-state index is 0. The van der Waals surface area contributed by atoms with Gasteiger partial charge >= 0.3 is 0 Å². The van der Waals surface area contributed by atoms with Crippen molar-refractivity contribution < 1.29 is 65.4 Å². The molecule has 3 aromatic rings. The van der Waals surface area contributed by atoms with Crippen LogP contribution in [-0.2, 0) is 78.4 Å². The molecule has 0 aliphatic carbocycles. The molecule has 0 unspecified atom stereocenters. The quantitative estimate of drug-likeness (QED) is 0.547. The fraction of sp³-hybridized carbons (Fsp3) is 0.250. The van der Waals surface area contributed by atoms with Crippen LogP contribution in [0, 0.1) is 20.8 Å². The largest absolute Gasteiger partial charge is 0.359 e. The smallest absolute Gasteiger partial charge is 0.141 e. The van der Waals surface area contributed by atoms with E-state index in [0.29, 0.717) is 0 Å². The molecule has 0 N–H and O–H groups in total. The third kappa shape index (κ3) is 5.01. The molecule has 2 radical (unpaired) electrons. The molecule has 0 amide bonds. The number of fused-ring (bicyclic) bond motifs is 1. The summed E-state index contributed by atoms with van der Waals surface area (Å²) in [7, 11) is 0. The van der Waals surface area contributed by atoms with E-state index in [-0.39, 0.29) is 72.8 Å². The van der Waals surface area contributed by atoms with E-state index in [1.807, 2.05) is 13.1 Å². The molecule has 0 saturated carbocycles. The van der Waals surface area contributed by atoms with E-state index in [1.165, 1.54) is 10.6 Å². The van der Waals surface area contributed by atoms with Crippen molar-refractivity contribution in [2.45, 2.75) is 26.8 Å². The number of nitrogens with zero attached hydrogens (tertiary/aromatic N) is 3. The Bertz CT molecular complexity index is 693. The van der Waals surface area contributed by atoms with E-state index in [9.17, 15) is 0 Å². The third-order valence-corrected chi connectivity index (χ3v) is 4.02. The van der Waals surface area contributed by atoms with Gasteiger partial charge in [0, 0.05) is 94.0 Å². The first kappa shape index (κ1) is 22.5. The first-order valence-electron chi connectivity index (χ1n) is 6.40. The molecular formula is C16H19N3SY2-2. The van der Waals surface area contributed by atoms with Gasteiger partial charge in [0.05, 0.1) is 0 Å². The summed E-state index contributed by atoms with van der Waals surface area (Å²) >= 11 is 1.80. The van der Waals surface area contributed by atoms with Crippen LogP contribution in [0.2, 0.25) is 0 Å². The minimum Gasteiger partial charge on any atom is -0.359 e. The van der Waals surface area contributed by atoms with Crippen molar-refractivity contribution in [3.63, 3.8) is 0 Å². The van der Waals surface area contributed by atoms with Gasteiger partial charge in [0.2, 0.25) is 0 Å². The van der Waals surface area contributed by atoms with E-state index >= 15 is 0 Å². The van der Waals surface area contributed by atoms with Crippen LogP contribution < -0.4 is 0 Å². The fourth-order valence-electron chi connectivity index (χ4n) is 2.30. The molecule has 3 rings (SSSR count). The monoisotopic (exact) mass is 463 g/mol. The van der Waals surface area contributed by atoms with Gasteiger partial charge < -0.3 is 18.4 Å². The van der Waals surface area contributed by atoms with Gasteiger partial charge in [-0.15, -0.1) is 11.3 Å². The van der Waals surface area contributed by atoms with E-state index in [1.54, 1.807) is 11.3 Å². The Labute approximate surface area is 187 Å². The van der Waals surface area contributed by atoms with Crippen LogP contribution in [0.3, 0.4) is 0 Å². The van der Waals surface area contributed by atoms with Crippen LogP contribution >= 0.6 is 11.3 Å². The maximum Gasteiger partial charge on any atom is 0.141 e. The molecule has 0 spiro atoms. The van der Waals surface area contributed by atoms with Gasteiger partial charge in [0.25, 0.3) is 0 Å². The zero-order chi connectivity index (χ0) is 13.2. The van der Waals surface area contributed by atoms with Gasteiger partial charge in [0.1, 0.15) is 11.5 Å². The molecule has 22 heavy (non-hydrogen) atoms. The summed E-state index contributed by atoms with van der Waals surface area (Å²) in [6.45, 7) is 4.90. The van der Waals surface area contributed by atoms with Crippen molar-refractivity contribution in [3.8, 4) is 0 Å². The van der Waals surface area contributed by atoms with Crippen LogP contribution in [0.25, 0.3) is 11.0 Å². The molecule has 3 aromatic heterocycles. The van der Waals surface area contributed by atoms with E-state index < -0.39 is 0 Å². The van der Waals surface area contributed by atoms with Crippen molar-refractivity contribution in [1.82, 2.24) is 14.5 Å². The zero-order valence-electron chi connectivity index (χ0n) is 13.3. The Morgan fingerprint density at radius 1 is 1.32 bits per heavy atom. The first-order valence-corrected chi connectivity index (χ1v) is 7.28. The molecule has 6 heteroatoms. The molecule has 0 bridgehead atoms.